The molecule has 0 saturated carbocycles. The average molecular weight is 198 g/mol. The number of aryl methyl sites for hydroxylation is 2. The van der Waals surface area contributed by atoms with Crippen LogP contribution in [-0.4, -0.2) is 0 Å². The highest BCUT2D eigenvalue weighted by molar-refractivity contribution is 9.10. The van der Waals surface area contributed by atoms with Gasteiger partial charge in [0.1, 0.15) is 0 Å². The van der Waals surface area contributed by atoms with Gasteiger partial charge in [-0.1, -0.05) is 22.0 Å². The molecule has 0 bridgehead atoms. The standard InChI is InChI=1S/C9H10Br/c1-6-4-5-7(2)9(10)8(6)3/h4H,1-3H3. The zero-order chi connectivity index (χ0) is 7.72. The number of halogens is 1. The first kappa shape index (κ1) is 7.80. The van der Waals surface area contributed by atoms with Crippen LogP contribution >= 0.6 is 15.9 Å². The van der Waals surface area contributed by atoms with Gasteiger partial charge in [0.25, 0.3) is 0 Å². The van der Waals surface area contributed by atoms with Crippen molar-refractivity contribution in [2.24, 2.45) is 0 Å². The van der Waals surface area contributed by atoms with Crippen LogP contribution in [0.1, 0.15) is 16.7 Å². The van der Waals surface area contributed by atoms with Gasteiger partial charge in [0.2, 0.25) is 0 Å². The summed E-state index contributed by atoms with van der Waals surface area (Å²) < 4.78 is 1.19. The summed E-state index contributed by atoms with van der Waals surface area (Å²) in [5.74, 6) is 0. The molecule has 1 aromatic carbocycles. The summed E-state index contributed by atoms with van der Waals surface area (Å²) in [5.41, 5.74) is 3.79. The summed E-state index contributed by atoms with van der Waals surface area (Å²) >= 11 is 3.50. The van der Waals surface area contributed by atoms with Crippen LogP contribution in [0.15, 0.2) is 10.5 Å². The predicted octanol–water partition coefficient (Wildman–Crippen LogP) is 3.17. The smallest absolute Gasteiger partial charge is 0.0242 e. The fourth-order valence-electron chi connectivity index (χ4n) is 0.842. The van der Waals surface area contributed by atoms with Crippen molar-refractivity contribution in [3.8, 4) is 0 Å². The SMILES string of the molecule is Cc1[c]cc(C)c(C)c1Br. The molecule has 0 aliphatic rings. The normalized spacial score (nSPS) is 10.0. The topological polar surface area (TPSA) is 0 Å². The molecule has 1 aromatic rings. The summed E-state index contributed by atoms with van der Waals surface area (Å²) in [6.45, 7) is 6.26. The van der Waals surface area contributed by atoms with Crippen molar-refractivity contribution in [3.63, 3.8) is 0 Å². The molecule has 0 atom stereocenters. The second kappa shape index (κ2) is 2.75. The molecule has 0 N–H and O–H groups in total. The molecule has 0 fully saturated rings. The van der Waals surface area contributed by atoms with Gasteiger partial charge in [0, 0.05) is 4.47 Å². The lowest BCUT2D eigenvalue weighted by molar-refractivity contribution is 1.26. The zero-order valence-electron chi connectivity index (χ0n) is 6.46. The van der Waals surface area contributed by atoms with Gasteiger partial charge >= 0.3 is 0 Å². The number of hydrogen-bond acceptors (Lipinski definition) is 0. The lowest BCUT2D eigenvalue weighted by Crippen LogP contribution is -1.85. The Kier molecular flexibility index (Phi) is 2.14. The van der Waals surface area contributed by atoms with Crippen molar-refractivity contribution in [1.29, 1.82) is 0 Å². The highest BCUT2D eigenvalue weighted by Crippen LogP contribution is 2.22. The first-order chi connectivity index (χ1) is 4.63. The zero-order valence-corrected chi connectivity index (χ0v) is 8.04. The molecule has 0 unspecified atom stereocenters. The van der Waals surface area contributed by atoms with Crippen molar-refractivity contribution < 1.29 is 0 Å². The van der Waals surface area contributed by atoms with Crippen molar-refractivity contribution in [2.45, 2.75) is 20.8 Å². The highest BCUT2D eigenvalue weighted by Gasteiger charge is 1.99. The quantitative estimate of drug-likeness (QED) is 0.600. The molecule has 53 valence electrons. The summed E-state index contributed by atoms with van der Waals surface area (Å²) in [7, 11) is 0. The van der Waals surface area contributed by atoms with Crippen LogP contribution in [-0.2, 0) is 0 Å². The van der Waals surface area contributed by atoms with Crippen LogP contribution in [0.4, 0.5) is 0 Å². The van der Waals surface area contributed by atoms with E-state index in [9.17, 15) is 0 Å². The lowest BCUT2D eigenvalue weighted by atomic mass is 10.1. The van der Waals surface area contributed by atoms with Crippen LogP contribution in [0.5, 0.6) is 0 Å². The Morgan fingerprint density at radius 2 is 1.90 bits per heavy atom. The van der Waals surface area contributed by atoms with E-state index in [1.807, 2.05) is 6.07 Å². The van der Waals surface area contributed by atoms with Gasteiger partial charge in [-0.3, -0.25) is 0 Å². The van der Waals surface area contributed by atoms with Crippen LogP contribution < -0.4 is 0 Å². The Labute approximate surface area is 70.4 Å². The monoisotopic (exact) mass is 197 g/mol. The summed E-state index contributed by atoms with van der Waals surface area (Å²) in [6.07, 6.45) is 0. The Morgan fingerprint density at radius 3 is 2.40 bits per heavy atom. The molecule has 0 spiro atoms. The first-order valence-electron chi connectivity index (χ1n) is 3.27. The van der Waals surface area contributed by atoms with Crippen LogP contribution in [0.25, 0.3) is 0 Å². The van der Waals surface area contributed by atoms with Gasteiger partial charge in [-0.2, -0.15) is 0 Å². The third-order valence-electron chi connectivity index (χ3n) is 1.76. The Balaban J connectivity index is 3.34. The van der Waals surface area contributed by atoms with E-state index in [-0.39, 0.29) is 0 Å². The molecule has 0 saturated heterocycles. The second-order valence-corrected chi connectivity index (χ2v) is 3.33. The second-order valence-electron chi connectivity index (χ2n) is 2.54. The van der Waals surface area contributed by atoms with Gasteiger partial charge in [0.05, 0.1) is 0 Å². The predicted molar refractivity (Wildman–Crippen MR) is 47.2 cm³/mol. The van der Waals surface area contributed by atoms with Gasteiger partial charge in [0.15, 0.2) is 0 Å². The van der Waals surface area contributed by atoms with E-state index in [2.05, 4.69) is 42.8 Å². The molecule has 0 aliphatic heterocycles. The summed E-state index contributed by atoms with van der Waals surface area (Å²) in [4.78, 5) is 0. The Hall–Kier alpha value is -0.300. The molecule has 0 aliphatic carbocycles. The molecule has 1 heteroatoms. The maximum absolute atomic E-state index is 3.50. The summed E-state index contributed by atoms with van der Waals surface area (Å²) in [6, 6.07) is 5.19. The highest BCUT2D eigenvalue weighted by atomic mass is 79.9. The minimum absolute atomic E-state index is 1.18. The van der Waals surface area contributed by atoms with Gasteiger partial charge in [-0.25, -0.2) is 0 Å². The molecule has 0 heterocycles. The molecule has 1 rings (SSSR count). The average Bonchev–Trinajstić information content (AvgIpc) is 1.93. The van der Waals surface area contributed by atoms with Crippen molar-refractivity contribution >= 4 is 15.9 Å². The van der Waals surface area contributed by atoms with Crippen molar-refractivity contribution in [1.82, 2.24) is 0 Å². The van der Waals surface area contributed by atoms with Gasteiger partial charge in [-0.05, 0) is 43.5 Å². The van der Waals surface area contributed by atoms with Crippen LogP contribution in [0, 0.1) is 26.8 Å². The molecular formula is C9H10Br. The van der Waals surface area contributed by atoms with Crippen LogP contribution in [0.3, 0.4) is 0 Å². The van der Waals surface area contributed by atoms with Gasteiger partial charge in [-0.15, -0.1) is 0 Å². The minimum Gasteiger partial charge on any atom is -0.0508 e. The van der Waals surface area contributed by atoms with Crippen molar-refractivity contribution in [2.75, 3.05) is 0 Å². The number of rotatable bonds is 0. The molecule has 1 radical (unpaired) electrons. The molecule has 0 amide bonds. The Morgan fingerprint density at radius 1 is 1.30 bits per heavy atom. The van der Waals surface area contributed by atoms with Gasteiger partial charge < -0.3 is 0 Å². The van der Waals surface area contributed by atoms with E-state index >= 15 is 0 Å². The van der Waals surface area contributed by atoms with Crippen molar-refractivity contribution in [3.05, 3.63) is 33.3 Å². The summed E-state index contributed by atoms with van der Waals surface area (Å²) in [5, 5.41) is 0. The first-order valence-corrected chi connectivity index (χ1v) is 4.06. The van der Waals surface area contributed by atoms with E-state index in [1.54, 1.807) is 0 Å². The minimum atomic E-state index is 1.18. The fourth-order valence-corrected chi connectivity index (χ4v) is 1.27. The van der Waals surface area contributed by atoms with E-state index in [4.69, 9.17) is 0 Å². The maximum atomic E-state index is 3.50. The van der Waals surface area contributed by atoms with E-state index in [0.29, 0.717) is 0 Å². The van der Waals surface area contributed by atoms with Crippen LogP contribution in [0.2, 0.25) is 0 Å². The van der Waals surface area contributed by atoms with E-state index in [1.165, 1.54) is 21.2 Å². The largest absolute Gasteiger partial charge is 0.0508 e. The third kappa shape index (κ3) is 1.24. The molecular weight excluding hydrogens is 188 g/mol. The molecule has 0 nitrogen and oxygen atoms in total. The maximum Gasteiger partial charge on any atom is 0.0242 e. The number of benzene rings is 1. The third-order valence-corrected chi connectivity index (χ3v) is 2.94. The Bertz CT molecular complexity index is 224. The van der Waals surface area contributed by atoms with E-state index in [0.717, 1.165) is 0 Å². The molecule has 10 heavy (non-hydrogen) atoms. The fraction of sp³-hybridized carbons (Fsp3) is 0.333. The molecule has 0 aromatic heterocycles. The lowest BCUT2D eigenvalue weighted by Gasteiger charge is -2.03. The van der Waals surface area contributed by atoms with E-state index < -0.39 is 0 Å². The number of hydrogen-bond donors (Lipinski definition) is 0.